The smallest absolute Gasteiger partial charge is 0.312 e. The molecule has 0 bridgehead atoms. The van der Waals surface area contributed by atoms with Crippen LogP contribution in [0.5, 0.6) is 0 Å². The van der Waals surface area contributed by atoms with Crippen LogP contribution in [0.4, 0.5) is 10.5 Å². The van der Waals surface area contributed by atoms with Crippen molar-refractivity contribution >= 4 is 17.6 Å². The molecule has 5 heteroatoms. The Morgan fingerprint density at radius 3 is 2.46 bits per heavy atom. The first-order chi connectivity index (χ1) is 11.5. The summed E-state index contributed by atoms with van der Waals surface area (Å²) in [5.74, 6) is -0.324. The number of fused-ring (bicyclic) bond motifs is 3. The molecule has 2 aromatic carbocycles. The molecular weight excluding hydrogens is 302 g/mol. The quantitative estimate of drug-likeness (QED) is 0.690. The maximum Gasteiger partial charge on any atom is 0.312 e. The van der Waals surface area contributed by atoms with Crippen LogP contribution in [-0.2, 0) is 11.2 Å². The third-order valence-corrected chi connectivity index (χ3v) is 4.31. The predicted octanol–water partition coefficient (Wildman–Crippen LogP) is 2.89. The summed E-state index contributed by atoms with van der Waals surface area (Å²) in [6, 6.07) is 12.9. The molecule has 24 heavy (non-hydrogen) atoms. The van der Waals surface area contributed by atoms with Gasteiger partial charge >= 0.3 is 6.03 Å². The van der Waals surface area contributed by atoms with Crippen molar-refractivity contribution in [1.82, 2.24) is 5.32 Å². The molecule has 0 heterocycles. The first kappa shape index (κ1) is 16.1. The molecule has 1 aliphatic rings. The molecule has 0 saturated heterocycles. The Morgan fingerprint density at radius 1 is 1.04 bits per heavy atom. The van der Waals surface area contributed by atoms with E-state index in [2.05, 4.69) is 22.8 Å². The van der Waals surface area contributed by atoms with Gasteiger partial charge in [0, 0.05) is 5.69 Å². The Labute approximate surface area is 141 Å². The molecule has 4 N–H and O–H groups in total. The zero-order chi connectivity index (χ0) is 17.3. The van der Waals surface area contributed by atoms with E-state index in [1.165, 1.54) is 22.3 Å². The number of anilines is 1. The number of carbonyl (C=O) groups excluding carboxylic acids is 2. The second-order valence-corrected chi connectivity index (χ2v) is 6.43. The van der Waals surface area contributed by atoms with E-state index in [0.717, 1.165) is 12.1 Å². The van der Waals surface area contributed by atoms with Gasteiger partial charge in [-0.25, -0.2) is 4.79 Å². The van der Waals surface area contributed by atoms with Crippen LogP contribution in [-0.4, -0.2) is 18.0 Å². The third-order valence-electron chi connectivity index (χ3n) is 4.31. The normalized spacial score (nSPS) is 13.1. The average molecular weight is 323 g/mol. The minimum absolute atomic E-state index is 0.0591. The van der Waals surface area contributed by atoms with Gasteiger partial charge in [0.15, 0.2) is 0 Å². The van der Waals surface area contributed by atoms with Gasteiger partial charge in [0.2, 0.25) is 5.91 Å². The molecular formula is C19H21N3O2. The van der Waals surface area contributed by atoms with E-state index in [0.29, 0.717) is 0 Å². The summed E-state index contributed by atoms with van der Waals surface area (Å²) >= 11 is 0. The van der Waals surface area contributed by atoms with Gasteiger partial charge in [-0.05, 0) is 46.7 Å². The molecule has 3 amide bonds. The van der Waals surface area contributed by atoms with Crippen molar-refractivity contribution in [2.45, 2.75) is 26.3 Å². The highest BCUT2D eigenvalue weighted by Crippen LogP contribution is 2.37. The van der Waals surface area contributed by atoms with Crippen molar-refractivity contribution in [2.24, 2.45) is 11.7 Å². The Balaban J connectivity index is 1.79. The van der Waals surface area contributed by atoms with Gasteiger partial charge in [-0.1, -0.05) is 44.2 Å². The molecule has 1 atom stereocenters. The monoisotopic (exact) mass is 323 g/mol. The topological polar surface area (TPSA) is 84.2 Å². The second kappa shape index (κ2) is 6.35. The van der Waals surface area contributed by atoms with Crippen LogP contribution in [0.2, 0.25) is 0 Å². The molecule has 2 aromatic rings. The van der Waals surface area contributed by atoms with Gasteiger partial charge in [0.05, 0.1) is 0 Å². The largest absolute Gasteiger partial charge is 0.352 e. The second-order valence-electron chi connectivity index (χ2n) is 6.43. The van der Waals surface area contributed by atoms with Gasteiger partial charge in [0.1, 0.15) is 6.04 Å². The predicted molar refractivity (Wildman–Crippen MR) is 94.7 cm³/mol. The SMILES string of the molecule is CC(C)C(NC(N)=O)C(=O)Nc1ccc2c(c1)Cc1ccccc1-2. The zero-order valence-electron chi connectivity index (χ0n) is 13.8. The van der Waals surface area contributed by atoms with Gasteiger partial charge in [-0.2, -0.15) is 0 Å². The fourth-order valence-corrected chi connectivity index (χ4v) is 3.13. The van der Waals surface area contributed by atoms with Gasteiger partial charge < -0.3 is 16.4 Å². The Kier molecular flexibility index (Phi) is 4.25. The maximum atomic E-state index is 12.4. The number of nitrogens with one attached hydrogen (secondary N) is 2. The number of carbonyl (C=O) groups is 2. The molecule has 3 rings (SSSR count). The summed E-state index contributed by atoms with van der Waals surface area (Å²) in [5, 5.41) is 5.37. The number of hydrogen-bond donors (Lipinski definition) is 3. The summed E-state index contributed by atoms with van der Waals surface area (Å²) in [4.78, 5) is 23.5. The highest BCUT2D eigenvalue weighted by Gasteiger charge is 2.24. The fraction of sp³-hybridized carbons (Fsp3) is 0.263. The van der Waals surface area contributed by atoms with E-state index >= 15 is 0 Å². The molecule has 5 nitrogen and oxygen atoms in total. The first-order valence-corrected chi connectivity index (χ1v) is 8.03. The highest BCUT2D eigenvalue weighted by atomic mass is 16.2. The molecule has 0 saturated carbocycles. The summed E-state index contributed by atoms with van der Waals surface area (Å²) in [7, 11) is 0. The molecule has 1 aliphatic carbocycles. The van der Waals surface area contributed by atoms with Crippen molar-refractivity contribution in [1.29, 1.82) is 0 Å². The molecule has 1 unspecified atom stereocenters. The van der Waals surface area contributed by atoms with Crippen molar-refractivity contribution in [3.8, 4) is 11.1 Å². The average Bonchev–Trinajstić information content (AvgIpc) is 2.89. The van der Waals surface area contributed by atoms with E-state index in [-0.39, 0.29) is 11.8 Å². The van der Waals surface area contributed by atoms with Gasteiger partial charge in [-0.15, -0.1) is 0 Å². The summed E-state index contributed by atoms with van der Waals surface area (Å²) in [5.41, 5.74) is 10.8. The zero-order valence-corrected chi connectivity index (χ0v) is 13.8. The van der Waals surface area contributed by atoms with E-state index in [9.17, 15) is 9.59 Å². The van der Waals surface area contributed by atoms with Gasteiger partial charge in [0.25, 0.3) is 0 Å². The Hall–Kier alpha value is -2.82. The van der Waals surface area contributed by atoms with E-state index in [1.54, 1.807) is 0 Å². The van der Waals surface area contributed by atoms with Crippen LogP contribution in [0.1, 0.15) is 25.0 Å². The van der Waals surface area contributed by atoms with E-state index in [4.69, 9.17) is 5.73 Å². The third kappa shape index (κ3) is 3.11. The number of rotatable bonds is 4. The fourth-order valence-electron chi connectivity index (χ4n) is 3.13. The lowest BCUT2D eigenvalue weighted by Gasteiger charge is -2.20. The highest BCUT2D eigenvalue weighted by molar-refractivity contribution is 5.97. The van der Waals surface area contributed by atoms with Crippen LogP contribution in [0, 0.1) is 5.92 Å². The molecule has 0 radical (unpaired) electrons. The van der Waals surface area contributed by atoms with Crippen molar-refractivity contribution in [2.75, 3.05) is 5.32 Å². The Morgan fingerprint density at radius 2 is 1.75 bits per heavy atom. The number of amides is 3. The molecule has 0 aliphatic heterocycles. The molecule has 0 aromatic heterocycles. The van der Waals surface area contributed by atoms with Crippen LogP contribution in [0.3, 0.4) is 0 Å². The number of benzene rings is 2. The molecule has 124 valence electrons. The van der Waals surface area contributed by atoms with Crippen LogP contribution in [0.25, 0.3) is 11.1 Å². The number of primary amides is 1. The van der Waals surface area contributed by atoms with E-state index < -0.39 is 12.1 Å². The summed E-state index contributed by atoms with van der Waals surface area (Å²) in [6.45, 7) is 3.72. The lowest BCUT2D eigenvalue weighted by Crippen LogP contribution is -2.49. The summed E-state index contributed by atoms with van der Waals surface area (Å²) in [6.07, 6.45) is 0.863. The minimum Gasteiger partial charge on any atom is -0.352 e. The van der Waals surface area contributed by atoms with Crippen LogP contribution < -0.4 is 16.4 Å². The maximum absolute atomic E-state index is 12.4. The van der Waals surface area contributed by atoms with Crippen LogP contribution >= 0.6 is 0 Å². The lowest BCUT2D eigenvalue weighted by atomic mass is 10.0. The van der Waals surface area contributed by atoms with Crippen LogP contribution in [0.15, 0.2) is 42.5 Å². The van der Waals surface area contributed by atoms with E-state index in [1.807, 2.05) is 44.2 Å². The first-order valence-electron chi connectivity index (χ1n) is 8.03. The number of hydrogen-bond acceptors (Lipinski definition) is 2. The minimum atomic E-state index is -0.701. The van der Waals surface area contributed by atoms with Crippen molar-refractivity contribution < 1.29 is 9.59 Å². The van der Waals surface area contributed by atoms with Gasteiger partial charge in [-0.3, -0.25) is 4.79 Å². The molecule has 0 fully saturated rings. The molecule has 0 spiro atoms. The standard InChI is InChI=1S/C19H21N3O2/c1-11(2)17(22-19(20)24)18(23)21-14-7-8-16-13(10-14)9-12-5-3-4-6-15(12)16/h3-8,10-11,17H,9H2,1-2H3,(H,21,23)(H3,20,22,24). The van der Waals surface area contributed by atoms with Crippen molar-refractivity contribution in [3.05, 3.63) is 53.6 Å². The number of nitrogens with two attached hydrogens (primary N) is 1. The lowest BCUT2D eigenvalue weighted by molar-refractivity contribution is -0.118. The summed E-state index contributed by atoms with van der Waals surface area (Å²) < 4.78 is 0. The van der Waals surface area contributed by atoms with Crippen molar-refractivity contribution in [3.63, 3.8) is 0 Å². The number of urea groups is 1. The Bertz CT molecular complexity index is 799.